The van der Waals surface area contributed by atoms with Crippen LogP contribution in [-0.4, -0.2) is 22.0 Å². The average molecular weight is 316 g/mol. The molecule has 0 heterocycles. The van der Waals surface area contributed by atoms with Crippen molar-refractivity contribution in [1.82, 2.24) is 0 Å². The summed E-state index contributed by atoms with van der Waals surface area (Å²) in [5, 5.41) is 19.3. The SMILES string of the molecule is O=C1C=CC2=C(c3ccccc3C(=O)O)c3ccc(O)cc3C2=C1. The first-order valence-corrected chi connectivity index (χ1v) is 7.41. The molecule has 2 aliphatic rings. The predicted molar refractivity (Wildman–Crippen MR) is 89.7 cm³/mol. The molecule has 0 atom stereocenters. The summed E-state index contributed by atoms with van der Waals surface area (Å²) in [6.07, 6.45) is 4.70. The molecule has 0 aliphatic heterocycles. The van der Waals surface area contributed by atoms with Crippen molar-refractivity contribution in [1.29, 1.82) is 0 Å². The van der Waals surface area contributed by atoms with Crippen LogP contribution >= 0.6 is 0 Å². The highest BCUT2D eigenvalue weighted by atomic mass is 16.4. The Labute approximate surface area is 137 Å². The van der Waals surface area contributed by atoms with Crippen LogP contribution in [-0.2, 0) is 4.79 Å². The Morgan fingerprint density at radius 3 is 2.50 bits per heavy atom. The van der Waals surface area contributed by atoms with E-state index in [-0.39, 0.29) is 17.1 Å². The predicted octanol–water partition coefficient (Wildman–Crippen LogP) is 3.43. The molecule has 0 saturated heterocycles. The second-order valence-electron chi connectivity index (χ2n) is 5.66. The molecule has 0 amide bonds. The number of fused-ring (bicyclic) bond motifs is 3. The first-order chi connectivity index (χ1) is 11.6. The number of hydrogen-bond acceptors (Lipinski definition) is 3. The van der Waals surface area contributed by atoms with E-state index in [0.29, 0.717) is 11.1 Å². The number of ketones is 1. The number of aromatic hydroxyl groups is 1. The van der Waals surface area contributed by atoms with Gasteiger partial charge in [0.25, 0.3) is 0 Å². The minimum Gasteiger partial charge on any atom is -0.508 e. The lowest BCUT2D eigenvalue weighted by molar-refractivity contribution is -0.110. The Morgan fingerprint density at radius 1 is 0.917 bits per heavy atom. The van der Waals surface area contributed by atoms with E-state index in [2.05, 4.69) is 0 Å². The van der Waals surface area contributed by atoms with Crippen molar-refractivity contribution in [3.63, 3.8) is 0 Å². The maximum absolute atomic E-state index is 11.8. The van der Waals surface area contributed by atoms with E-state index in [4.69, 9.17) is 0 Å². The summed E-state index contributed by atoms with van der Waals surface area (Å²) < 4.78 is 0. The van der Waals surface area contributed by atoms with Gasteiger partial charge >= 0.3 is 5.97 Å². The standard InChI is InChI=1S/C20H12O4/c21-11-5-7-14-17(9-11)18-10-12(22)6-8-15(18)19(14)13-3-1-2-4-16(13)20(23)24/h1-10,21H,(H,23,24). The number of carboxylic acid groups (broad SMARTS) is 1. The monoisotopic (exact) mass is 316 g/mol. The third-order valence-corrected chi connectivity index (χ3v) is 4.25. The maximum atomic E-state index is 11.8. The van der Waals surface area contributed by atoms with Crippen molar-refractivity contribution in [2.45, 2.75) is 0 Å². The van der Waals surface area contributed by atoms with Crippen LogP contribution in [0.3, 0.4) is 0 Å². The fourth-order valence-electron chi connectivity index (χ4n) is 3.26. The molecule has 0 saturated carbocycles. The molecule has 0 aromatic heterocycles. The molecule has 4 rings (SSSR count). The van der Waals surface area contributed by atoms with Gasteiger partial charge in [-0.1, -0.05) is 24.3 Å². The third kappa shape index (κ3) is 2.01. The molecule has 2 aliphatic carbocycles. The lowest BCUT2D eigenvalue weighted by atomic mass is 9.92. The smallest absolute Gasteiger partial charge is 0.336 e. The first kappa shape index (κ1) is 14.2. The van der Waals surface area contributed by atoms with Gasteiger partial charge in [-0.05, 0) is 69.8 Å². The zero-order valence-corrected chi connectivity index (χ0v) is 12.5. The van der Waals surface area contributed by atoms with Gasteiger partial charge in [-0.3, -0.25) is 4.79 Å². The molecule has 0 fully saturated rings. The Morgan fingerprint density at radius 2 is 1.71 bits per heavy atom. The van der Waals surface area contributed by atoms with Crippen LogP contribution in [0.5, 0.6) is 5.75 Å². The molecule has 0 bridgehead atoms. The van der Waals surface area contributed by atoms with Gasteiger partial charge in [0.15, 0.2) is 5.78 Å². The number of hydrogen-bond donors (Lipinski definition) is 2. The number of phenols is 1. The topological polar surface area (TPSA) is 74.6 Å². The fraction of sp³-hybridized carbons (Fsp3) is 0. The summed E-state index contributed by atoms with van der Waals surface area (Å²) in [7, 11) is 0. The Hall–Kier alpha value is -3.40. The normalized spacial score (nSPS) is 15.2. The molecule has 0 spiro atoms. The van der Waals surface area contributed by atoms with Gasteiger partial charge in [0.1, 0.15) is 5.75 Å². The number of carbonyl (C=O) groups is 2. The van der Waals surface area contributed by atoms with E-state index in [0.717, 1.165) is 22.3 Å². The van der Waals surface area contributed by atoms with Gasteiger partial charge in [-0.2, -0.15) is 0 Å². The molecule has 0 radical (unpaired) electrons. The lowest BCUT2D eigenvalue weighted by Crippen LogP contribution is -2.03. The van der Waals surface area contributed by atoms with E-state index >= 15 is 0 Å². The molecule has 116 valence electrons. The summed E-state index contributed by atoms with van der Waals surface area (Å²) in [5.41, 5.74) is 4.60. The van der Waals surface area contributed by atoms with Crippen molar-refractivity contribution in [3.8, 4) is 5.75 Å². The number of carbonyl (C=O) groups excluding carboxylic acids is 1. The number of allylic oxidation sites excluding steroid dienone is 5. The van der Waals surface area contributed by atoms with Crippen molar-refractivity contribution < 1.29 is 19.8 Å². The molecule has 0 unspecified atom stereocenters. The summed E-state index contributed by atoms with van der Waals surface area (Å²) in [4.78, 5) is 23.4. The second kappa shape index (κ2) is 5.06. The summed E-state index contributed by atoms with van der Waals surface area (Å²) in [5.74, 6) is -1.04. The minimum absolute atomic E-state index is 0.101. The minimum atomic E-state index is -1.01. The summed E-state index contributed by atoms with van der Waals surface area (Å²) >= 11 is 0. The van der Waals surface area contributed by atoms with Crippen LogP contribution in [0.2, 0.25) is 0 Å². The number of aromatic carboxylic acids is 1. The zero-order valence-electron chi connectivity index (χ0n) is 12.5. The van der Waals surface area contributed by atoms with Crippen molar-refractivity contribution in [2.24, 2.45) is 0 Å². The van der Waals surface area contributed by atoms with Crippen LogP contribution in [0.1, 0.15) is 27.0 Å². The van der Waals surface area contributed by atoms with E-state index < -0.39 is 5.97 Å². The van der Waals surface area contributed by atoms with Gasteiger partial charge in [0.05, 0.1) is 5.56 Å². The third-order valence-electron chi connectivity index (χ3n) is 4.25. The largest absolute Gasteiger partial charge is 0.508 e. The van der Waals surface area contributed by atoms with Gasteiger partial charge in [-0.25, -0.2) is 4.79 Å². The van der Waals surface area contributed by atoms with Crippen molar-refractivity contribution in [3.05, 3.63) is 88.5 Å². The summed E-state index contributed by atoms with van der Waals surface area (Å²) in [6, 6.07) is 11.7. The molecule has 2 N–H and O–H groups in total. The molecule has 4 heteroatoms. The van der Waals surface area contributed by atoms with Gasteiger partial charge < -0.3 is 10.2 Å². The van der Waals surface area contributed by atoms with Gasteiger partial charge in [0.2, 0.25) is 0 Å². The van der Waals surface area contributed by atoms with E-state index in [1.807, 2.05) is 0 Å². The van der Waals surface area contributed by atoms with Crippen LogP contribution in [0.4, 0.5) is 0 Å². The van der Waals surface area contributed by atoms with Gasteiger partial charge in [-0.15, -0.1) is 0 Å². The highest BCUT2D eigenvalue weighted by Gasteiger charge is 2.30. The Kier molecular flexibility index (Phi) is 3.00. The van der Waals surface area contributed by atoms with Gasteiger partial charge in [0, 0.05) is 0 Å². The zero-order chi connectivity index (χ0) is 16.8. The van der Waals surface area contributed by atoms with Crippen LogP contribution in [0, 0.1) is 0 Å². The number of benzene rings is 2. The molecule has 4 nitrogen and oxygen atoms in total. The number of rotatable bonds is 2. The second-order valence-corrected chi connectivity index (χ2v) is 5.66. The lowest BCUT2D eigenvalue weighted by Gasteiger charge is -2.11. The van der Waals surface area contributed by atoms with E-state index in [1.54, 1.807) is 48.5 Å². The Balaban J connectivity index is 2.07. The van der Waals surface area contributed by atoms with E-state index in [9.17, 15) is 19.8 Å². The van der Waals surface area contributed by atoms with Crippen LogP contribution in [0.15, 0.2) is 66.3 Å². The molecule has 24 heavy (non-hydrogen) atoms. The average Bonchev–Trinajstić information content (AvgIpc) is 2.87. The van der Waals surface area contributed by atoms with Crippen molar-refractivity contribution in [2.75, 3.05) is 0 Å². The molecular formula is C20H12O4. The van der Waals surface area contributed by atoms with Crippen LogP contribution < -0.4 is 0 Å². The molecular weight excluding hydrogens is 304 g/mol. The van der Waals surface area contributed by atoms with Crippen molar-refractivity contribution >= 4 is 22.9 Å². The molecule has 2 aromatic carbocycles. The quantitative estimate of drug-likeness (QED) is 0.890. The highest BCUT2D eigenvalue weighted by molar-refractivity contribution is 6.18. The fourth-order valence-corrected chi connectivity index (χ4v) is 3.26. The van der Waals surface area contributed by atoms with Crippen LogP contribution in [0.25, 0.3) is 11.1 Å². The number of phenolic OH excluding ortho intramolecular Hbond substituents is 1. The highest BCUT2D eigenvalue weighted by Crippen LogP contribution is 2.47. The summed E-state index contributed by atoms with van der Waals surface area (Å²) in [6.45, 7) is 0. The maximum Gasteiger partial charge on any atom is 0.336 e. The Bertz CT molecular complexity index is 1010. The first-order valence-electron chi connectivity index (χ1n) is 7.41. The molecule has 2 aromatic rings. The number of carboxylic acids is 1. The van der Waals surface area contributed by atoms with E-state index in [1.165, 1.54) is 12.2 Å².